The highest BCUT2D eigenvalue weighted by atomic mass is 32.1. The molecule has 2 rings (SSSR count). The Hall–Kier alpha value is -2.52. The summed E-state index contributed by atoms with van der Waals surface area (Å²) in [4.78, 5) is 39.9. The van der Waals surface area contributed by atoms with Gasteiger partial charge in [-0.2, -0.15) is 12.6 Å². The number of rotatable bonds is 10. The number of benzene rings is 1. The molecule has 1 aromatic carbocycles. The van der Waals surface area contributed by atoms with E-state index in [0.29, 0.717) is 6.42 Å². The Morgan fingerprint density at radius 2 is 1.90 bits per heavy atom. The van der Waals surface area contributed by atoms with Gasteiger partial charge >= 0.3 is 5.97 Å². The van der Waals surface area contributed by atoms with Crippen LogP contribution in [0, 0.1) is 5.92 Å². The van der Waals surface area contributed by atoms with Crippen LogP contribution in [0.25, 0.3) is 10.9 Å². The molecule has 8 nitrogen and oxygen atoms in total. The summed E-state index contributed by atoms with van der Waals surface area (Å²) in [5.74, 6) is -2.26. The maximum atomic E-state index is 12.8. The zero-order valence-corrected chi connectivity index (χ0v) is 17.4. The topological polar surface area (TPSA) is 137 Å². The number of thiol groups is 1. The number of nitrogens with one attached hydrogen (secondary N) is 3. The molecule has 6 N–H and O–H groups in total. The number of carbonyl (C=O) groups is 3. The minimum Gasteiger partial charge on any atom is -0.480 e. The standard InChI is InChI=1S/C20H28N4O4S/c1-3-11(2)17(24-18(25)14(21)10-29)19(26)23-16(20(27)28)8-12-9-22-15-7-5-4-6-13(12)15/h4-7,9,11,14,16-17,22,29H,3,8,10,21H2,1-2H3,(H,23,26)(H,24,25)(H,27,28)/t11-,14-,16-,17-/m0/s1. The van der Waals surface area contributed by atoms with Crippen LogP contribution >= 0.6 is 12.6 Å². The number of aromatic nitrogens is 1. The van der Waals surface area contributed by atoms with Gasteiger partial charge in [0, 0.05) is 29.3 Å². The highest BCUT2D eigenvalue weighted by molar-refractivity contribution is 7.80. The number of para-hydroxylation sites is 1. The first-order valence-electron chi connectivity index (χ1n) is 9.53. The SMILES string of the molecule is CC[C@H](C)[C@H](NC(=O)[C@@H](N)CS)C(=O)N[C@@H](Cc1c[nH]c2ccccc12)C(=O)O. The lowest BCUT2D eigenvalue weighted by Gasteiger charge is -2.26. The van der Waals surface area contributed by atoms with Gasteiger partial charge in [-0.3, -0.25) is 9.59 Å². The fourth-order valence-corrected chi connectivity index (χ4v) is 3.19. The zero-order chi connectivity index (χ0) is 21.6. The molecule has 0 aliphatic heterocycles. The lowest BCUT2D eigenvalue weighted by molar-refractivity contribution is -0.142. The number of aromatic amines is 1. The second-order valence-corrected chi connectivity index (χ2v) is 7.49. The van der Waals surface area contributed by atoms with Crippen LogP contribution in [0.2, 0.25) is 0 Å². The molecule has 0 fully saturated rings. The Kier molecular flexibility index (Phi) is 8.10. The van der Waals surface area contributed by atoms with E-state index in [1.807, 2.05) is 38.1 Å². The van der Waals surface area contributed by atoms with Crippen molar-refractivity contribution in [2.75, 3.05) is 5.75 Å². The van der Waals surface area contributed by atoms with E-state index in [4.69, 9.17) is 5.73 Å². The maximum absolute atomic E-state index is 12.8. The summed E-state index contributed by atoms with van der Waals surface area (Å²) in [5, 5.41) is 15.7. The molecule has 2 aromatic rings. The van der Waals surface area contributed by atoms with E-state index in [1.54, 1.807) is 6.20 Å². The number of H-pyrrole nitrogens is 1. The van der Waals surface area contributed by atoms with Crippen LogP contribution in [0.1, 0.15) is 25.8 Å². The minimum absolute atomic E-state index is 0.114. The van der Waals surface area contributed by atoms with E-state index in [2.05, 4.69) is 28.2 Å². The van der Waals surface area contributed by atoms with Gasteiger partial charge in [-0.05, 0) is 17.5 Å². The van der Waals surface area contributed by atoms with Gasteiger partial charge in [0.1, 0.15) is 12.1 Å². The summed E-state index contributed by atoms with van der Waals surface area (Å²) in [6, 6.07) is 4.67. The minimum atomic E-state index is -1.15. The van der Waals surface area contributed by atoms with Crippen molar-refractivity contribution in [3.63, 3.8) is 0 Å². The third kappa shape index (κ3) is 5.74. The molecule has 0 saturated heterocycles. The van der Waals surface area contributed by atoms with E-state index >= 15 is 0 Å². The molecule has 2 amide bonds. The van der Waals surface area contributed by atoms with Gasteiger partial charge in [-0.1, -0.05) is 38.5 Å². The van der Waals surface area contributed by atoms with E-state index in [1.165, 1.54) is 0 Å². The van der Waals surface area contributed by atoms with Gasteiger partial charge in [-0.25, -0.2) is 4.79 Å². The molecule has 0 radical (unpaired) electrons. The fourth-order valence-electron chi connectivity index (χ4n) is 3.03. The molecule has 0 bridgehead atoms. The first-order chi connectivity index (χ1) is 13.8. The van der Waals surface area contributed by atoms with Gasteiger partial charge in [0.25, 0.3) is 0 Å². The van der Waals surface area contributed by atoms with Crippen LogP contribution in [0.4, 0.5) is 0 Å². The Morgan fingerprint density at radius 3 is 2.52 bits per heavy atom. The zero-order valence-electron chi connectivity index (χ0n) is 16.5. The van der Waals surface area contributed by atoms with E-state index in [-0.39, 0.29) is 18.1 Å². The molecule has 1 aromatic heterocycles. The van der Waals surface area contributed by atoms with Gasteiger partial charge in [-0.15, -0.1) is 0 Å². The number of amides is 2. The van der Waals surface area contributed by atoms with Crippen LogP contribution in [0.15, 0.2) is 30.5 Å². The van der Waals surface area contributed by atoms with Crippen molar-refractivity contribution in [1.29, 1.82) is 0 Å². The van der Waals surface area contributed by atoms with Crippen LogP contribution in [-0.2, 0) is 20.8 Å². The van der Waals surface area contributed by atoms with Crippen molar-refractivity contribution in [2.24, 2.45) is 11.7 Å². The summed E-state index contributed by atoms with van der Waals surface area (Å²) in [7, 11) is 0. The molecule has 0 aliphatic rings. The Morgan fingerprint density at radius 1 is 1.21 bits per heavy atom. The Balaban J connectivity index is 2.17. The largest absolute Gasteiger partial charge is 0.480 e. The number of aliphatic carboxylic acids is 1. The molecule has 0 unspecified atom stereocenters. The molecule has 1 heterocycles. The third-order valence-corrected chi connectivity index (χ3v) is 5.43. The molecule has 29 heavy (non-hydrogen) atoms. The Bertz CT molecular complexity index is 869. The number of nitrogens with two attached hydrogens (primary N) is 1. The molecule has 0 aliphatic carbocycles. The summed E-state index contributed by atoms with van der Waals surface area (Å²) in [5.41, 5.74) is 7.36. The van der Waals surface area contributed by atoms with E-state index in [0.717, 1.165) is 16.5 Å². The van der Waals surface area contributed by atoms with E-state index in [9.17, 15) is 19.5 Å². The average Bonchev–Trinajstić information content (AvgIpc) is 3.12. The third-order valence-electron chi connectivity index (χ3n) is 5.04. The Labute approximate surface area is 175 Å². The van der Waals surface area contributed by atoms with Crippen molar-refractivity contribution in [1.82, 2.24) is 15.6 Å². The molecular weight excluding hydrogens is 392 g/mol. The molecular formula is C20H28N4O4S. The van der Waals surface area contributed by atoms with Crippen molar-refractivity contribution in [3.05, 3.63) is 36.0 Å². The number of carboxylic acids is 1. The van der Waals surface area contributed by atoms with Gasteiger partial charge in [0.2, 0.25) is 11.8 Å². The van der Waals surface area contributed by atoms with Crippen molar-refractivity contribution >= 4 is 41.3 Å². The molecule has 158 valence electrons. The lowest BCUT2D eigenvalue weighted by atomic mass is 9.97. The highest BCUT2D eigenvalue weighted by Gasteiger charge is 2.31. The van der Waals surface area contributed by atoms with Crippen LogP contribution < -0.4 is 16.4 Å². The van der Waals surface area contributed by atoms with Gasteiger partial charge in [0.15, 0.2) is 0 Å². The fraction of sp³-hybridized carbons (Fsp3) is 0.450. The second kappa shape index (κ2) is 10.3. The first kappa shape index (κ1) is 22.8. The quantitative estimate of drug-likeness (QED) is 0.319. The van der Waals surface area contributed by atoms with Crippen molar-refractivity contribution < 1.29 is 19.5 Å². The van der Waals surface area contributed by atoms with Crippen molar-refractivity contribution in [2.45, 2.75) is 44.8 Å². The number of hydrogen-bond acceptors (Lipinski definition) is 5. The monoisotopic (exact) mass is 420 g/mol. The summed E-state index contributed by atoms with van der Waals surface area (Å²) in [6.45, 7) is 3.70. The molecule has 4 atom stereocenters. The summed E-state index contributed by atoms with van der Waals surface area (Å²) in [6.07, 6.45) is 2.48. The van der Waals surface area contributed by atoms with Crippen molar-refractivity contribution in [3.8, 4) is 0 Å². The lowest BCUT2D eigenvalue weighted by Crippen LogP contribution is -2.57. The van der Waals surface area contributed by atoms with Gasteiger partial charge in [0.05, 0.1) is 6.04 Å². The first-order valence-corrected chi connectivity index (χ1v) is 10.2. The molecule has 9 heteroatoms. The molecule has 0 spiro atoms. The maximum Gasteiger partial charge on any atom is 0.326 e. The van der Waals surface area contributed by atoms with Crippen LogP contribution in [0.3, 0.4) is 0 Å². The predicted octanol–water partition coefficient (Wildman–Crippen LogP) is 1.07. The predicted molar refractivity (Wildman–Crippen MR) is 115 cm³/mol. The number of carboxylic acid groups (broad SMARTS) is 1. The number of hydrogen-bond donors (Lipinski definition) is 6. The molecule has 0 saturated carbocycles. The van der Waals surface area contributed by atoms with Crippen LogP contribution in [-0.4, -0.2) is 51.8 Å². The average molecular weight is 421 g/mol. The second-order valence-electron chi connectivity index (χ2n) is 7.12. The normalized spacial score (nSPS) is 15.3. The van der Waals surface area contributed by atoms with Crippen LogP contribution in [0.5, 0.6) is 0 Å². The highest BCUT2D eigenvalue weighted by Crippen LogP contribution is 2.19. The summed E-state index contributed by atoms with van der Waals surface area (Å²) >= 11 is 4.00. The smallest absolute Gasteiger partial charge is 0.326 e. The summed E-state index contributed by atoms with van der Waals surface area (Å²) < 4.78 is 0. The van der Waals surface area contributed by atoms with Gasteiger partial charge < -0.3 is 26.5 Å². The number of fused-ring (bicyclic) bond motifs is 1. The number of carbonyl (C=O) groups excluding carboxylic acids is 2. The van der Waals surface area contributed by atoms with E-state index < -0.39 is 35.9 Å².